The number of thioether (sulfide) groups is 1. The van der Waals surface area contributed by atoms with Gasteiger partial charge in [0.25, 0.3) is 0 Å². The second-order valence-electron chi connectivity index (χ2n) is 5.60. The molecule has 0 aliphatic carbocycles. The lowest BCUT2D eigenvalue weighted by molar-refractivity contribution is -0.117. The number of benzene rings is 1. The highest BCUT2D eigenvalue weighted by molar-refractivity contribution is 8.00. The topological polar surface area (TPSA) is 58.4 Å². The van der Waals surface area contributed by atoms with Gasteiger partial charge < -0.3 is 11.1 Å². The first kappa shape index (κ1) is 15.5. The molecule has 20 heavy (non-hydrogen) atoms. The van der Waals surface area contributed by atoms with Crippen LogP contribution in [0.15, 0.2) is 18.2 Å². The smallest absolute Gasteiger partial charge is 0.238 e. The Bertz CT molecular complexity index is 507. The first-order valence-corrected chi connectivity index (χ1v) is 7.93. The number of nitrogens with two attached hydrogens (primary N) is 1. The van der Waals surface area contributed by atoms with Gasteiger partial charge in [0.1, 0.15) is 0 Å². The number of anilines is 2. The average molecular weight is 314 g/mol. The van der Waals surface area contributed by atoms with Gasteiger partial charge in [-0.3, -0.25) is 9.69 Å². The fourth-order valence-electron chi connectivity index (χ4n) is 2.27. The van der Waals surface area contributed by atoms with Crippen LogP contribution in [0.3, 0.4) is 0 Å². The van der Waals surface area contributed by atoms with Crippen LogP contribution in [0.2, 0.25) is 5.02 Å². The number of hydrogen-bond acceptors (Lipinski definition) is 4. The SMILES string of the molecule is CC1(C)CN(CC(=O)Nc2ccc(Cl)c(N)c2)CCS1. The minimum Gasteiger partial charge on any atom is -0.397 e. The molecule has 1 saturated heterocycles. The molecule has 1 aromatic carbocycles. The van der Waals surface area contributed by atoms with Gasteiger partial charge in [0.15, 0.2) is 0 Å². The van der Waals surface area contributed by atoms with Gasteiger partial charge in [-0.25, -0.2) is 0 Å². The molecule has 1 aromatic rings. The standard InChI is InChI=1S/C14H20ClN3OS/c1-14(2)9-18(5-6-20-14)8-13(19)17-10-3-4-11(15)12(16)7-10/h3-4,7H,5-6,8-9,16H2,1-2H3,(H,17,19). The van der Waals surface area contributed by atoms with Gasteiger partial charge in [-0.2, -0.15) is 11.8 Å². The van der Waals surface area contributed by atoms with Crippen molar-refractivity contribution >= 4 is 40.6 Å². The maximum Gasteiger partial charge on any atom is 0.238 e. The third-order valence-corrected chi connectivity index (χ3v) is 4.79. The molecule has 0 unspecified atom stereocenters. The molecule has 3 N–H and O–H groups in total. The normalized spacial score (nSPS) is 18.8. The molecule has 1 aliphatic rings. The van der Waals surface area contributed by atoms with Crippen molar-refractivity contribution in [3.63, 3.8) is 0 Å². The van der Waals surface area contributed by atoms with Crippen molar-refractivity contribution in [3.8, 4) is 0 Å². The van der Waals surface area contributed by atoms with E-state index in [1.165, 1.54) is 0 Å². The molecule has 6 heteroatoms. The maximum absolute atomic E-state index is 12.1. The van der Waals surface area contributed by atoms with Crippen LogP contribution in [0.4, 0.5) is 11.4 Å². The van der Waals surface area contributed by atoms with Crippen LogP contribution in [0.25, 0.3) is 0 Å². The molecule has 0 radical (unpaired) electrons. The fraction of sp³-hybridized carbons (Fsp3) is 0.500. The summed E-state index contributed by atoms with van der Waals surface area (Å²) in [4.78, 5) is 14.2. The lowest BCUT2D eigenvalue weighted by Crippen LogP contribution is -2.46. The van der Waals surface area contributed by atoms with E-state index in [4.69, 9.17) is 17.3 Å². The highest BCUT2D eigenvalue weighted by atomic mass is 35.5. The number of carbonyl (C=O) groups is 1. The summed E-state index contributed by atoms with van der Waals surface area (Å²) in [5, 5.41) is 3.36. The van der Waals surface area contributed by atoms with E-state index >= 15 is 0 Å². The van der Waals surface area contributed by atoms with E-state index in [0.29, 0.717) is 22.9 Å². The van der Waals surface area contributed by atoms with Crippen molar-refractivity contribution in [3.05, 3.63) is 23.2 Å². The second kappa shape index (κ2) is 6.24. The van der Waals surface area contributed by atoms with E-state index in [1.54, 1.807) is 18.2 Å². The van der Waals surface area contributed by atoms with Crippen molar-refractivity contribution in [1.82, 2.24) is 4.90 Å². The zero-order chi connectivity index (χ0) is 14.8. The number of nitrogens with zero attached hydrogens (tertiary/aromatic N) is 1. The third-order valence-electron chi connectivity index (χ3n) is 3.15. The van der Waals surface area contributed by atoms with Crippen molar-refractivity contribution in [1.29, 1.82) is 0 Å². The second-order valence-corrected chi connectivity index (χ2v) is 7.81. The van der Waals surface area contributed by atoms with Gasteiger partial charge in [-0.05, 0) is 32.0 Å². The van der Waals surface area contributed by atoms with Crippen molar-refractivity contribution < 1.29 is 4.79 Å². The number of halogens is 1. The number of amides is 1. The molecule has 110 valence electrons. The summed E-state index contributed by atoms with van der Waals surface area (Å²) in [6.45, 7) is 6.70. The number of rotatable bonds is 3. The molecular weight excluding hydrogens is 294 g/mol. The Balaban J connectivity index is 1.90. The molecule has 1 aliphatic heterocycles. The summed E-state index contributed by atoms with van der Waals surface area (Å²) >= 11 is 7.81. The Labute approximate surface area is 129 Å². The van der Waals surface area contributed by atoms with E-state index in [0.717, 1.165) is 18.8 Å². The number of nitrogens with one attached hydrogen (secondary N) is 1. The molecule has 2 rings (SSSR count). The van der Waals surface area contributed by atoms with E-state index in [1.807, 2.05) is 11.8 Å². The Morgan fingerprint density at radius 1 is 1.55 bits per heavy atom. The quantitative estimate of drug-likeness (QED) is 0.842. The van der Waals surface area contributed by atoms with Gasteiger partial charge in [0.05, 0.1) is 17.3 Å². The highest BCUT2D eigenvalue weighted by Crippen LogP contribution is 2.29. The van der Waals surface area contributed by atoms with Crippen LogP contribution in [0.1, 0.15) is 13.8 Å². The Hall–Kier alpha value is -0.910. The van der Waals surface area contributed by atoms with Gasteiger partial charge in [-0.1, -0.05) is 11.6 Å². The Morgan fingerprint density at radius 3 is 2.95 bits per heavy atom. The van der Waals surface area contributed by atoms with Crippen molar-refractivity contribution in [2.75, 3.05) is 36.4 Å². The molecule has 1 amide bonds. The van der Waals surface area contributed by atoms with Gasteiger partial charge in [-0.15, -0.1) is 0 Å². The summed E-state index contributed by atoms with van der Waals surface area (Å²) in [6.07, 6.45) is 0. The summed E-state index contributed by atoms with van der Waals surface area (Å²) in [5.41, 5.74) is 6.87. The third kappa shape index (κ3) is 4.30. The predicted octanol–water partition coefficient (Wildman–Crippen LogP) is 2.69. The minimum absolute atomic E-state index is 0.0191. The highest BCUT2D eigenvalue weighted by Gasteiger charge is 2.27. The first-order valence-electron chi connectivity index (χ1n) is 6.57. The average Bonchev–Trinajstić information content (AvgIpc) is 2.32. The predicted molar refractivity (Wildman–Crippen MR) is 87.5 cm³/mol. The van der Waals surface area contributed by atoms with Crippen molar-refractivity contribution in [2.24, 2.45) is 0 Å². The molecular formula is C14H20ClN3OS. The van der Waals surface area contributed by atoms with E-state index in [9.17, 15) is 4.79 Å². The zero-order valence-electron chi connectivity index (χ0n) is 11.8. The van der Waals surface area contributed by atoms with Crippen LogP contribution in [-0.2, 0) is 4.79 Å². The first-order chi connectivity index (χ1) is 9.35. The van der Waals surface area contributed by atoms with Crippen molar-refractivity contribution in [2.45, 2.75) is 18.6 Å². The number of nitrogen functional groups attached to an aromatic ring is 1. The molecule has 0 aromatic heterocycles. The van der Waals surface area contributed by atoms with Crippen LogP contribution < -0.4 is 11.1 Å². The molecule has 0 atom stereocenters. The maximum atomic E-state index is 12.1. The lowest BCUT2D eigenvalue weighted by atomic mass is 10.2. The largest absolute Gasteiger partial charge is 0.397 e. The molecule has 1 fully saturated rings. The van der Waals surface area contributed by atoms with E-state index in [2.05, 4.69) is 24.1 Å². The van der Waals surface area contributed by atoms with Gasteiger partial charge in [0.2, 0.25) is 5.91 Å². The Morgan fingerprint density at radius 2 is 2.30 bits per heavy atom. The molecule has 0 saturated carbocycles. The summed E-state index contributed by atoms with van der Waals surface area (Å²) < 4.78 is 0.212. The monoisotopic (exact) mass is 313 g/mol. The molecule has 4 nitrogen and oxygen atoms in total. The van der Waals surface area contributed by atoms with Gasteiger partial charge in [0, 0.05) is 29.3 Å². The minimum atomic E-state index is -0.0191. The zero-order valence-corrected chi connectivity index (χ0v) is 13.4. The fourth-order valence-corrected chi connectivity index (χ4v) is 3.57. The van der Waals surface area contributed by atoms with Gasteiger partial charge >= 0.3 is 0 Å². The van der Waals surface area contributed by atoms with E-state index in [-0.39, 0.29) is 10.7 Å². The van der Waals surface area contributed by atoms with Crippen LogP contribution >= 0.6 is 23.4 Å². The Kier molecular flexibility index (Phi) is 4.83. The van der Waals surface area contributed by atoms with Crippen LogP contribution in [0, 0.1) is 0 Å². The summed E-state index contributed by atoms with van der Waals surface area (Å²) in [6, 6.07) is 5.12. The summed E-state index contributed by atoms with van der Waals surface area (Å²) in [5.74, 6) is 1.04. The lowest BCUT2D eigenvalue weighted by Gasteiger charge is -2.37. The molecule has 0 bridgehead atoms. The molecule has 1 heterocycles. The van der Waals surface area contributed by atoms with E-state index < -0.39 is 0 Å². The summed E-state index contributed by atoms with van der Waals surface area (Å²) in [7, 11) is 0. The van der Waals surface area contributed by atoms with Crippen LogP contribution in [0.5, 0.6) is 0 Å². The number of carbonyl (C=O) groups excluding carboxylic acids is 1. The number of hydrogen-bond donors (Lipinski definition) is 2. The molecule has 0 spiro atoms. The van der Waals surface area contributed by atoms with Crippen LogP contribution in [-0.4, -0.2) is 40.9 Å².